The molecule has 0 saturated heterocycles. The van der Waals surface area contributed by atoms with E-state index in [0.29, 0.717) is 22.7 Å². The van der Waals surface area contributed by atoms with Gasteiger partial charge in [0.2, 0.25) is 0 Å². The van der Waals surface area contributed by atoms with Crippen LogP contribution in [0.25, 0.3) is 0 Å². The first-order chi connectivity index (χ1) is 31.5. The van der Waals surface area contributed by atoms with Crippen molar-refractivity contribution in [1.29, 1.82) is 0 Å². The summed E-state index contributed by atoms with van der Waals surface area (Å²) in [5.41, 5.74) is 4.50. The molecule has 0 aromatic carbocycles. The van der Waals surface area contributed by atoms with Crippen molar-refractivity contribution < 1.29 is 41.7 Å². The zero-order chi connectivity index (χ0) is 46.2. The van der Waals surface area contributed by atoms with Crippen molar-refractivity contribution in [3.05, 3.63) is 151 Å². The molecule has 10 aliphatic carbocycles. The van der Waals surface area contributed by atoms with Gasteiger partial charge in [0.25, 0.3) is 0 Å². The fourth-order valence-corrected chi connectivity index (χ4v) is 16.9. The molecule has 6 heteroatoms. The van der Waals surface area contributed by atoms with Gasteiger partial charge in [-0.3, -0.25) is 0 Å². The van der Waals surface area contributed by atoms with Crippen LogP contribution in [-0.2, 0) is 41.7 Å². The third-order valence-corrected chi connectivity index (χ3v) is 19.3. The van der Waals surface area contributed by atoms with E-state index in [1.165, 1.54) is 121 Å². The molecule has 6 fully saturated rings. The molecule has 0 N–H and O–H groups in total. The van der Waals surface area contributed by atoms with E-state index < -0.39 is 41.7 Å². The molecule has 13 unspecified atom stereocenters. The van der Waals surface area contributed by atoms with E-state index >= 15 is 0 Å². The predicted octanol–water partition coefficient (Wildman–Crippen LogP) is 20.9. The fraction of sp³-hybridized carbons (Fsp3) is 0.619. The number of hydrogen-bond donors (Lipinski definition) is 0. The molecule has 0 nitrogen and oxygen atoms in total. The van der Waals surface area contributed by atoms with Crippen LogP contribution in [0.1, 0.15) is 143 Å². The molecule has 0 amide bonds. The first kappa shape index (κ1) is 63.6. The molecule has 0 bridgehead atoms. The summed E-state index contributed by atoms with van der Waals surface area (Å²) >= 11 is -1.65. The van der Waals surface area contributed by atoms with Crippen molar-refractivity contribution in [2.75, 3.05) is 0 Å². The normalized spacial score (nSPS) is 36.0. The van der Waals surface area contributed by atoms with Gasteiger partial charge in [-0.2, -0.15) is 0 Å². The van der Waals surface area contributed by atoms with Gasteiger partial charge in [-0.15, -0.1) is 13.2 Å². The van der Waals surface area contributed by atoms with Crippen molar-refractivity contribution in [2.45, 2.75) is 143 Å². The predicted molar refractivity (Wildman–Crippen MR) is 302 cm³/mol. The van der Waals surface area contributed by atoms with Crippen LogP contribution in [0.4, 0.5) is 0 Å². The summed E-state index contributed by atoms with van der Waals surface area (Å²) in [6.07, 6.45) is 65.4. The summed E-state index contributed by atoms with van der Waals surface area (Å²) in [6.45, 7) is 17.5. The molecule has 6 saturated carbocycles. The monoisotopic (exact) mass is 1170 g/mol. The maximum atomic E-state index is 4.93. The van der Waals surface area contributed by atoms with E-state index in [-0.39, 0.29) is 35.1 Å². The van der Waals surface area contributed by atoms with Crippen LogP contribution >= 0.6 is 34.1 Å². The van der Waals surface area contributed by atoms with Gasteiger partial charge in [0.15, 0.2) is 0 Å². The van der Waals surface area contributed by atoms with Crippen LogP contribution in [-0.4, -0.2) is 0 Å². The molecule has 0 heterocycles. The molecular weight excluding hydrogens is 1080 g/mol. The summed E-state index contributed by atoms with van der Waals surface area (Å²) in [4.78, 5) is 0. The molecule has 69 heavy (non-hydrogen) atoms. The van der Waals surface area contributed by atoms with Gasteiger partial charge < -0.3 is 29.7 Å². The molecular formula is C63H94Cl4Zr2. The Morgan fingerprint density at radius 1 is 0.536 bits per heavy atom. The zero-order valence-corrected chi connectivity index (χ0v) is 52.4. The average molecular weight is 1180 g/mol. The van der Waals surface area contributed by atoms with Crippen molar-refractivity contribution in [1.82, 2.24) is 0 Å². The molecule has 10 rings (SSSR count). The number of hydrogen-bond acceptors (Lipinski definition) is 0. The number of rotatable bonds is 10. The topological polar surface area (TPSA) is 0 Å². The van der Waals surface area contributed by atoms with Crippen LogP contribution in [0.5, 0.6) is 0 Å². The molecule has 0 aromatic heterocycles. The minimum atomic E-state index is -0.826. The second-order valence-corrected chi connectivity index (χ2v) is 30.7. The minimum absolute atomic E-state index is 0. The number of fused-ring (bicyclic) bond motifs is 6. The first-order valence-electron chi connectivity index (χ1n) is 26.1. The Morgan fingerprint density at radius 3 is 1.30 bits per heavy atom. The summed E-state index contributed by atoms with van der Waals surface area (Å²) in [5.74, 6) is 11.4. The first-order valence-corrected chi connectivity index (χ1v) is 38.8. The van der Waals surface area contributed by atoms with Gasteiger partial charge in [-0.1, -0.05) is 162 Å². The zero-order valence-electron chi connectivity index (χ0n) is 44.5. The summed E-state index contributed by atoms with van der Waals surface area (Å²) < 4.78 is 0. The van der Waals surface area contributed by atoms with Gasteiger partial charge in [-0.05, 0) is 189 Å². The van der Waals surface area contributed by atoms with E-state index in [2.05, 4.69) is 138 Å². The molecule has 10 aliphatic rings. The van der Waals surface area contributed by atoms with Crippen LogP contribution in [0.3, 0.4) is 0 Å². The van der Waals surface area contributed by atoms with Crippen molar-refractivity contribution in [3.8, 4) is 0 Å². The van der Waals surface area contributed by atoms with Crippen molar-refractivity contribution in [3.63, 3.8) is 0 Å². The van der Waals surface area contributed by atoms with Crippen LogP contribution < -0.4 is 0 Å². The van der Waals surface area contributed by atoms with E-state index in [1.807, 2.05) is 0 Å². The summed E-state index contributed by atoms with van der Waals surface area (Å²) in [6, 6.07) is 0. The Hall–Kier alpha value is 0.326. The molecule has 0 radical (unpaired) electrons. The van der Waals surface area contributed by atoms with Gasteiger partial charge in [0.05, 0.1) is 0 Å². The Bertz CT molecular complexity index is 1790. The third-order valence-electron chi connectivity index (χ3n) is 19.3. The Balaban J connectivity index is 0.000000314. The van der Waals surface area contributed by atoms with Gasteiger partial charge in [-0.25, -0.2) is 0 Å². The van der Waals surface area contributed by atoms with Gasteiger partial charge >= 0.3 is 75.7 Å². The number of halogens is 4. The van der Waals surface area contributed by atoms with E-state index in [1.54, 1.807) is 5.57 Å². The quantitative estimate of drug-likeness (QED) is 0.151. The Kier molecular flexibility index (Phi) is 27.3. The van der Waals surface area contributed by atoms with Crippen LogP contribution in [0.2, 0.25) is 0 Å². The Labute approximate surface area is 464 Å². The van der Waals surface area contributed by atoms with E-state index in [4.69, 9.17) is 34.1 Å². The van der Waals surface area contributed by atoms with Crippen LogP contribution in [0, 0.1) is 129 Å². The third kappa shape index (κ3) is 14.0. The fourth-order valence-electron chi connectivity index (χ4n) is 16.9. The molecule has 382 valence electrons. The van der Waals surface area contributed by atoms with E-state index in [0.717, 1.165) is 71.0 Å². The second kappa shape index (κ2) is 29.6. The second-order valence-electron chi connectivity index (χ2n) is 23.2. The SMILES string of the molecule is C=CCCC1CCC(C2(C3C4C=C(C)C=CC4C4C=CC(C(C)(C)C)=CC43)CCCC2)C1.C=CCCC1CCC(C2(C3C4C=CC=CC4C4C=CC=CC43)CCCC2)C1.[CH3-].[CH3-].[CH3-].[CH3-].[Cl][Zr+2][Cl].[Cl][Zr+2][Cl]. The van der Waals surface area contributed by atoms with Gasteiger partial charge in [0.1, 0.15) is 0 Å². The standard InChI is InChI=1S/C32H46.C27H36.4CH3.4ClH.2Zr/c1-6-7-10-23-12-13-25(20-23)32(17-8-9-18-32)30-28-19-22(2)11-15-26(28)27-16-14-24(21-29(27)30)31(3,4)5;1-2-3-10-20-15-16-21(19-20)27(17-8-9-18-27)26-24-13-6-4-11-22(24)23-12-5-7-14-25(23)26;;;;;;;;;;/h6,11,14-16,19,21,23,25-30H,1,7-10,12-13,17-18,20H2,2-5H3;2,4-7,11-14,20-26H,1,3,8-10,15-19H2;4*1H3;4*1H;;/q;;4*-1;;;;;2*+4/p-4. The molecule has 0 aliphatic heterocycles. The summed E-state index contributed by atoms with van der Waals surface area (Å²) in [7, 11) is 19.7. The van der Waals surface area contributed by atoms with Gasteiger partial charge in [0, 0.05) is 0 Å². The van der Waals surface area contributed by atoms with Crippen molar-refractivity contribution in [2.24, 2.45) is 99.1 Å². The summed E-state index contributed by atoms with van der Waals surface area (Å²) in [5, 5.41) is 0. The van der Waals surface area contributed by atoms with E-state index in [9.17, 15) is 0 Å². The molecule has 13 atom stereocenters. The molecule has 0 spiro atoms. The molecule has 0 aromatic rings. The maximum absolute atomic E-state index is 4.93. The van der Waals surface area contributed by atoms with Crippen molar-refractivity contribution >= 4 is 34.1 Å². The average Bonchev–Trinajstić information content (AvgIpc) is 4.17. The number of allylic oxidation sites excluding steroid dienone is 18. The Morgan fingerprint density at radius 2 is 0.899 bits per heavy atom. The van der Waals surface area contributed by atoms with Crippen LogP contribution in [0.15, 0.2) is 122 Å².